The Hall–Kier alpha value is -2.45. The molecule has 2 aromatic rings. The highest BCUT2D eigenvalue weighted by molar-refractivity contribution is 5.93. The third-order valence-corrected chi connectivity index (χ3v) is 3.51. The van der Waals surface area contributed by atoms with E-state index in [0.717, 1.165) is 11.4 Å². The van der Waals surface area contributed by atoms with Crippen molar-refractivity contribution in [1.82, 2.24) is 20.3 Å². The quantitative estimate of drug-likeness (QED) is 0.658. The van der Waals surface area contributed by atoms with Crippen molar-refractivity contribution in [2.75, 3.05) is 26.9 Å². The number of methoxy groups -OCH3 is 1. The van der Waals surface area contributed by atoms with Gasteiger partial charge < -0.3 is 20.5 Å². The number of carbonyl (C=O) groups is 1. The van der Waals surface area contributed by atoms with E-state index in [1.54, 1.807) is 14.0 Å². The Kier molecular flexibility index (Phi) is 6.91. The zero-order valence-corrected chi connectivity index (χ0v) is 14.9. The molecule has 0 aliphatic heterocycles. The summed E-state index contributed by atoms with van der Waals surface area (Å²) in [6, 6.07) is 7.36. The molecule has 2 rings (SSSR count). The van der Waals surface area contributed by atoms with Gasteiger partial charge in [-0.25, -0.2) is 0 Å². The van der Waals surface area contributed by atoms with Crippen LogP contribution in [0.1, 0.15) is 29.5 Å². The average Bonchev–Trinajstić information content (AvgIpc) is 2.97. The summed E-state index contributed by atoms with van der Waals surface area (Å²) in [6.07, 6.45) is 0.712. The van der Waals surface area contributed by atoms with Gasteiger partial charge in [0, 0.05) is 19.7 Å². The fourth-order valence-corrected chi connectivity index (χ4v) is 2.12. The second-order valence-electron chi connectivity index (χ2n) is 5.78. The Morgan fingerprint density at radius 2 is 2.00 bits per heavy atom. The lowest BCUT2D eigenvalue weighted by Gasteiger charge is -2.06. The second kappa shape index (κ2) is 9.14. The van der Waals surface area contributed by atoms with Crippen LogP contribution in [0, 0.1) is 6.92 Å². The van der Waals surface area contributed by atoms with Crippen LogP contribution in [0.15, 0.2) is 24.3 Å². The maximum atomic E-state index is 12.2. The number of hydrogen-bond donors (Lipinski definition) is 2. The van der Waals surface area contributed by atoms with Crippen molar-refractivity contribution in [1.29, 1.82) is 0 Å². The third-order valence-electron chi connectivity index (χ3n) is 3.51. The summed E-state index contributed by atoms with van der Waals surface area (Å²) in [5.74, 6) is 0.488. The SMILES string of the molecule is COCCOc1ccc(-n2nc(C)c(C(=O)NCCC(C)N)n2)cc1. The van der Waals surface area contributed by atoms with Crippen molar-refractivity contribution in [2.24, 2.45) is 5.73 Å². The Morgan fingerprint density at radius 1 is 1.28 bits per heavy atom. The van der Waals surface area contributed by atoms with E-state index in [9.17, 15) is 4.79 Å². The summed E-state index contributed by atoms with van der Waals surface area (Å²) in [4.78, 5) is 13.6. The standard InChI is InChI=1S/C17H25N5O3/c1-12(18)8-9-19-17(23)16-13(2)20-22(21-16)14-4-6-15(7-5-14)25-11-10-24-3/h4-7,12H,8-11,18H2,1-3H3,(H,19,23). The van der Waals surface area contributed by atoms with Crippen molar-refractivity contribution in [3.8, 4) is 11.4 Å². The van der Waals surface area contributed by atoms with Crippen LogP contribution in [0.5, 0.6) is 5.75 Å². The van der Waals surface area contributed by atoms with Gasteiger partial charge in [0.2, 0.25) is 0 Å². The van der Waals surface area contributed by atoms with Gasteiger partial charge in [-0.3, -0.25) is 4.79 Å². The topological polar surface area (TPSA) is 104 Å². The van der Waals surface area contributed by atoms with Crippen LogP contribution in [0.4, 0.5) is 0 Å². The first-order chi connectivity index (χ1) is 12.0. The van der Waals surface area contributed by atoms with Crippen LogP contribution in [-0.2, 0) is 4.74 Å². The number of benzene rings is 1. The minimum atomic E-state index is -0.246. The number of aromatic nitrogens is 3. The second-order valence-corrected chi connectivity index (χ2v) is 5.78. The Bertz CT molecular complexity index is 682. The van der Waals surface area contributed by atoms with E-state index < -0.39 is 0 Å². The van der Waals surface area contributed by atoms with Crippen molar-refractivity contribution in [2.45, 2.75) is 26.3 Å². The fraction of sp³-hybridized carbons (Fsp3) is 0.471. The largest absolute Gasteiger partial charge is 0.491 e. The summed E-state index contributed by atoms with van der Waals surface area (Å²) in [7, 11) is 1.63. The van der Waals surface area contributed by atoms with E-state index in [0.29, 0.717) is 37.6 Å². The molecule has 0 bridgehead atoms. The van der Waals surface area contributed by atoms with E-state index in [1.807, 2.05) is 31.2 Å². The van der Waals surface area contributed by atoms with E-state index in [-0.39, 0.29) is 11.9 Å². The minimum Gasteiger partial charge on any atom is -0.491 e. The predicted molar refractivity (Wildman–Crippen MR) is 94.1 cm³/mol. The molecule has 1 heterocycles. The van der Waals surface area contributed by atoms with Gasteiger partial charge in [0.1, 0.15) is 12.4 Å². The highest BCUT2D eigenvalue weighted by atomic mass is 16.5. The molecule has 0 fully saturated rings. The molecule has 0 saturated carbocycles. The van der Waals surface area contributed by atoms with Gasteiger partial charge in [0.15, 0.2) is 5.69 Å². The lowest BCUT2D eigenvalue weighted by Crippen LogP contribution is -2.29. The number of hydrogen-bond acceptors (Lipinski definition) is 6. The third kappa shape index (κ3) is 5.54. The van der Waals surface area contributed by atoms with Crippen molar-refractivity contribution in [3.63, 3.8) is 0 Å². The molecule has 8 nitrogen and oxygen atoms in total. The molecule has 0 spiro atoms. The van der Waals surface area contributed by atoms with E-state index >= 15 is 0 Å². The monoisotopic (exact) mass is 347 g/mol. The lowest BCUT2D eigenvalue weighted by molar-refractivity contribution is 0.0947. The molecule has 1 unspecified atom stereocenters. The number of ether oxygens (including phenoxy) is 2. The van der Waals surface area contributed by atoms with Gasteiger partial charge in [-0.1, -0.05) is 0 Å². The molecular weight excluding hydrogens is 322 g/mol. The van der Waals surface area contributed by atoms with Gasteiger partial charge in [-0.15, -0.1) is 5.10 Å². The Morgan fingerprint density at radius 3 is 2.64 bits per heavy atom. The highest BCUT2D eigenvalue weighted by Gasteiger charge is 2.16. The number of nitrogens with zero attached hydrogens (tertiary/aromatic N) is 3. The van der Waals surface area contributed by atoms with Crippen LogP contribution < -0.4 is 15.8 Å². The van der Waals surface area contributed by atoms with Gasteiger partial charge in [0.05, 0.1) is 18.0 Å². The first-order valence-corrected chi connectivity index (χ1v) is 8.21. The summed E-state index contributed by atoms with van der Waals surface area (Å²) in [5, 5.41) is 11.4. The van der Waals surface area contributed by atoms with Crippen LogP contribution in [0.25, 0.3) is 5.69 Å². The number of nitrogens with two attached hydrogens (primary N) is 1. The van der Waals surface area contributed by atoms with Gasteiger partial charge in [-0.2, -0.15) is 9.90 Å². The van der Waals surface area contributed by atoms with Gasteiger partial charge in [0.25, 0.3) is 5.91 Å². The molecule has 8 heteroatoms. The predicted octanol–water partition coefficient (Wildman–Crippen LogP) is 1.07. The summed E-state index contributed by atoms with van der Waals surface area (Å²) in [5.41, 5.74) is 7.30. The van der Waals surface area contributed by atoms with Crippen molar-refractivity contribution in [3.05, 3.63) is 35.7 Å². The number of aryl methyl sites for hydroxylation is 1. The first-order valence-electron chi connectivity index (χ1n) is 8.21. The van der Waals surface area contributed by atoms with Crippen LogP contribution in [-0.4, -0.2) is 53.8 Å². The molecule has 1 aromatic heterocycles. The van der Waals surface area contributed by atoms with E-state index in [2.05, 4.69) is 15.5 Å². The lowest BCUT2D eigenvalue weighted by atomic mass is 10.2. The zero-order chi connectivity index (χ0) is 18.2. The van der Waals surface area contributed by atoms with E-state index in [4.69, 9.17) is 15.2 Å². The zero-order valence-electron chi connectivity index (χ0n) is 14.9. The summed E-state index contributed by atoms with van der Waals surface area (Å²) in [6.45, 7) is 5.18. The van der Waals surface area contributed by atoms with Crippen LogP contribution >= 0.6 is 0 Å². The van der Waals surface area contributed by atoms with Crippen molar-refractivity contribution >= 4 is 5.91 Å². The molecule has 25 heavy (non-hydrogen) atoms. The molecule has 0 aliphatic carbocycles. The summed E-state index contributed by atoms with van der Waals surface area (Å²) < 4.78 is 10.5. The Balaban J connectivity index is 2.02. The molecule has 0 aliphatic rings. The summed E-state index contributed by atoms with van der Waals surface area (Å²) >= 11 is 0. The first kappa shape index (κ1) is 18.9. The van der Waals surface area contributed by atoms with E-state index in [1.165, 1.54) is 4.80 Å². The van der Waals surface area contributed by atoms with Crippen molar-refractivity contribution < 1.29 is 14.3 Å². The Labute approximate surface area is 147 Å². The fourth-order valence-electron chi connectivity index (χ4n) is 2.12. The van der Waals surface area contributed by atoms with Gasteiger partial charge >= 0.3 is 0 Å². The molecular formula is C17H25N5O3. The minimum absolute atomic E-state index is 0.0432. The number of rotatable bonds is 9. The molecule has 3 N–H and O–H groups in total. The van der Waals surface area contributed by atoms with Crippen LogP contribution in [0.2, 0.25) is 0 Å². The number of carbonyl (C=O) groups excluding carboxylic acids is 1. The molecule has 136 valence electrons. The number of amides is 1. The molecule has 0 radical (unpaired) electrons. The smallest absolute Gasteiger partial charge is 0.273 e. The maximum absolute atomic E-state index is 12.2. The number of nitrogens with one attached hydrogen (secondary N) is 1. The molecule has 1 amide bonds. The van der Waals surface area contributed by atoms with Crippen LogP contribution in [0.3, 0.4) is 0 Å². The molecule has 1 atom stereocenters. The molecule has 0 saturated heterocycles. The highest BCUT2D eigenvalue weighted by Crippen LogP contribution is 2.15. The average molecular weight is 347 g/mol. The normalized spacial score (nSPS) is 12.0. The molecule has 1 aromatic carbocycles. The van der Waals surface area contributed by atoms with Gasteiger partial charge in [-0.05, 0) is 44.5 Å². The maximum Gasteiger partial charge on any atom is 0.273 e.